The van der Waals surface area contributed by atoms with E-state index in [1.54, 1.807) is 121 Å². The third-order valence-electron chi connectivity index (χ3n) is 19.3. The zero-order chi connectivity index (χ0) is 87.7. The van der Waals surface area contributed by atoms with Crippen molar-refractivity contribution in [1.29, 1.82) is 0 Å². The van der Waals surface area contributed by atoms with Crippen molar-refractivity contribution in [3.8, 4) is 11.5 Å². The predicted molar refractivity (Wildman–Crippen MR) is 449 cm³/mol. The Hall–Kier alpha value is -13.9. The Labute approximate surface area is 703 Å². The number of nitrogens with zero attached hydrogens (tertiary/aromatic N) is 14. The molecule has 0 saturated heterocycles. The van der Waals surface area contributed by atoms with Crippen LogP contribution in [0, 0.1) is 31.1 Å². The van der Waals surface area contributed by atoms with Gasteiger partial charge in [-0.2, -0.15) is 52.7 Å². The summed E-state index contributed by atoms with van der Waals surface area (Å²) in [6.07, 6.45) is -5.61. The zero-order valence-corrected chi connectivity index (χ0v) is 68.5. The van der Waals surface area contributed by atoms with Gasteiger partial charge in [-0.15, -0.1) is 0 Å². The molecule has 37 nitrogen and oxygen atoms in total. The molecule has 8 aromatic rings. The lowest BCUT2D eigenvalue weighted by Crippen LogP contribution is -2.54. The molecular weight excluding hydrogens is 1580 g/mol. The van der Waals surface area contributed by atoms with Gasteiger partial charge in [-0.05, 0) is 237 Å². The smallest absolute Gasteiger partial charge is 0.319 e. The summed E-state index contributed by atoms with van der Waals surface area (Å²) in [7, 11) is 0. The van der Waals surface area contributed by atoms with E-state index >= 15 is 14.4 Å². The molecule has 0 aliphatic heterocycles. The van der Waals surface area contributed by atoms with Crippen LogP contribution in [0.5, 0.6) is 11.5 Å². The number of esters is 6. The Morgan fingerprint density at radius 3 is 0.713 bits per heavy atom. The first-order valence-corrected chi connectivity index (χ1v) is 39.4. The van der Waals surface area contributed by atoms with Gasteiger partial charge in [-0.1, -0.05) is 9.98 Å². The van der Waals surface area contributed by atoms with Crippen LogP contribution >= 0.6 is 0 Å². The Bertz CT molecular complexity index is 4540. The lowest BCUT2D eigenvalue weighted by atomic mass is 9.62. The minimum absolute atomic E-state index is 0.0960. The fourth-order valence-corrected chi connectivity index (χ4v) is 12.7. The van der Waals surface area contributed by atoms with E-state index in [1.165, 1.54) is 62.4 Å². The van der Waals surface area contributed by atoms with Crippen molar-refractivity contribution < 1.29 is 91.6 Å². The Morgan fingerprint density at radius 2 is 0.525 bits per heavy atom. The van der Waals surface area contributed by atoms with Crippen LogP contribution in [0.2, 0.25) is 0 Å². The maximum atomic E-state index is 16.7. The number of nitrogens with two attached hydrogens (primary N) is 2. The van der Waals surface area contributed by atoms with Crippen molar-refractivity contribution in [3.63, 3.8) is 0 Å². The van der Waals surface area contributed by atoms with Gasteiger partial charge >= 0.3 is 35.8 Å². The lowest BCUT2D eigenvalue weighted by molar-refractivity contribution is -0.385. The molecule has 0 saturated carbocycles. The molecular formula is C85H98N16O21. The summed E-state index contributed by atoms with van der Waals surface area (Å²) < 4.78 is 34.9. The molecule has 8 rings (SSSR count). The highest BCUT2D eigenvalue weighted by Gasteiger charge is 2.59. The van der Waals surface area contributed by atoms with Gasteiger partial charge in [0.25, 0.3) is 11.4 Å². The van der Waals surface area contributed by atoms with E-state index in [2.05, 4.69) is 50.9 Å². The van der Waals surface area contributed by atoms with Crippen molar-refractivity contribution in [3.05, 3.63) is 214 Å². The quantitative estimate of drug-likeness (QED) is 0.00680. The Morgan fingerprint density at radius 1 is 0.320 bits per heavy atom. The van der Waals surface area contributed by atoms with Crippen LogP contribution in [-0.4, -0.2) is 143 Å². The highest BCUT2D eigenvalue weighted by molar-refractivity contribution is 6.15. The van der Waals surface area contributed by atoms with Gasteiger partial charge in [0, 0.05) is 98.9 Å². The largest absolute Gasteiger partial charge is 0.465 e. The van der Waals surface area contributed by atoms with E-state index in [1.807, 2.05) is 71.6 Å². The molecule has 0 amide bonds. The number of carbonyl (C=O) groups excluding carboxylic acids is 7. The number of carbonyl (C=O) groups is 7. The van der Waals surface area contributed by atoms with Gasteiger partial charge in [-0.3, -0.25) is 53.8 Å². The average Bonchev–Trinajstić information content (AvgIpc) is 0.749. The molecule has 0 aliphatic carbocycles. The maximum absolute atomic E-state index is 16.7. The number of anilines is 4. The summed E-state index contributed by atoms with van der Waals surface area (Å²) in [5.74, 6) is 3.45. The molecule has 122 heavy (non-hydrogen) atoms. The van der Waals surface area contributed by atoms with Crippen molar-refractivity contribution in [1.82, 2.24) is 0 Å². The number of ether oxygens (including phenoxy) is 6. The van der Waals surface area contributed by atoms with E-state index < -0.39 is 114 Å². The number of ketones is 1. The average molecular weight is 1680 g/mol. The number of benzene rings is 8. The topological polar surface area (TPSA) is 462 Å². The van der Waals surface area contributed by atoms with Crippen LogP contribution in [0.4, 0.5) is 79.6 Å². The third kappa shape index (κ3) is 28.7. The van der Waals surface area contributed by atoms with Gasteiger partial charge in [0.15, 0.2) is 17.3 Å². The summed E-state index contributed by atoms with van der Waals surface area (Å²) in [4.78, 5) is 152. The molecule has 0 unspecified atom stereocenters. The van der Waals surface area contributed by atoms with E-state index in [9.17, 15) is 39.4 Å². The second-order valence-electron chi connectivity index (χ2n) is 26.9. The lowest BCUT2D eigenvalue weighted by Gasteiger charge is -2.39. The Balaban J connectivity index is 1.05. The molecule has 0 aliphatic rings. The zero-order valence-electron chi connectivity index (χ0n) is 68.5. The van der Waals surface area contributed by atoms with Crippen molar-refractivity contribution in [2.75, 3.05) is 112 Å². The van der Waals surface area contributed by atoms with E-state index in [4.69, 9.17) is 50.0 Å². The standard InChI is InChI=1S/C85H98N16O21/c1-7-96(69-29-13-61(14-30-69)88-92-65-21-37-73(38-22-65)100(109)110)53-57-115-77(102)45-49-84(82(107)113-11-5,50-46-78(103)116-58-54-97(8-2)70-31-15-62(16-32-70)89-93-66-23-39-74(40-24-66)101(111)112)81(106)85(83(108)114-12-6,51-47-79(104)117-59-55-98(9-3)71-33-17-63(18-34-71)90-94-67-25-41-75(42-26-67)119-121-86)52-48-80(105)118-60-56-99(10-4)72-35-19-64(20-36-72)91-95-68-27-43-76(44-28-68)120-122-87/h13-44H,7-12,45-60,86-87H2,1-6H3. The fourth-order valence-electron chi connectivity index (χ4n) is 12.7. The van der Waals surface area contributed by atoms with E-state index in [-0.39, 0.29) is 77.2 Å². The summed E-state index contributed by atoms with van der Waals surface area (Å²) in [6, 6.07) is 52.3. The summed E-state index contributed by atoms with van der Waals surface area (Å²) in [6.45, 7) is 11.4. The predicted octanol–water partition coefficient (Wildman–Crippen LogP) is 16.9. The van der Waals surface area contributed by atoms with Crippen molar-refractivity contribution >= 4 is 121 Å². The third-order valence-corrected chi connectivity index (χ3v) is 19.3. The number of likely N-dealkylation sites (N-methyl/N-ethyl adjacent to an activating group) is 4. The maximum Gasteiger partial charge on any atom is 0.319 e. The molecule has 0 radical (unpaired) electrons. The summed E-state index contributed by atoms with van der Waals surface area (Å²) in [5, 5.41) is 56.3. The minimum atomic E-state index is -2.62. The Kier molecular flexibility index (Phi) is 37.5. The first-order valence-electron chi connectivity index (χ1n) is 39.4. The second-order valence-corrected chi connectivity index (χ2v) is 26.9. The monoisotopic (exact) mass is 1680 g/mol. The van der Waals surface area contributed by atoms with E-state index in [0.717, 1.165) is 11.4 Å². The van der Waals surface area contributed by atoms with Crippen LogP contribution < -0.4 is 41.2 Å². The van der Waals surface area contributed by atoms with E-state index in [0.29, 0.717) is 94.6 Å². The van der Waals surface area contributed by atoms with Crippen molar-refractivity contribution in [2.45, 2.75) is 92.9 Å². The summed E-state index contributed by atoms with van der Waals surface area (Å²) >= 11 is 0. The highest BCUT2D eigenvalue weighted by atomic mass is 17.3. The fraction of sp³-hybridized carbons (Fsp3) is 0.353. The number of azo groups is 4. The second kappa shape index (κ2) is 48.8. The van der Waals surface area contributed by atoms with Gasteiger partial charge in [0.05, 0.1) is 94.7 Å². The van der Waals surface area contributed by atoms with Gasteiger partial charge in [0.1, 0.15) is 37.3 Å². The molecule has 4 N–H and O–H groups in total. The number of rotatable bonds is 52. The van der Waals surface area contributed by atoms with Crippen LogP contribution in [-0.2, 0) is 72.0 Å². The van der Waals surface area contributed by atoms with Gasteiger partial charge in [-0.25, -0.2) is 0 Å². The molecule has 0 aromatic heterocycles. The molecule has 8 aromatic carbocycles. The SMILES string of the molecule is CCOC(=O)C(CCC(=O)OCCN(CC)c1ccc(N=Nc2ccc(OON)cc2)cc1)(CCC(=O)OCCN(CC)c1ccc(N=Nc2ccc(OON)cc2)cc1)C(=O)C(CCC(=O)OCCN(CC)c1ccc(N=Nc2ccc([N+](=O)[O-])cc2)cc1)(CCC(=O)OCCN(CC)c1ccc(N=Nc2ccc([N+](=O)[O-])cc2)cc1)C(=O)OCC. The van der Waals surface area contributed by atoms with Crippen LogP contribution in [0.25, 0.3) is 0 Å². The molecule has 0 heterocycles. The molecule has 0 fully saturated rings. The highest BCUT2D eigenvalue weighted by Crippen LogP contribution is 2.46. The minimum Gasteiger partial charge on any atom is -0.465 e. The van der Waals surface area contributed by atoms with Crippen molar-refractivity contribution in [2.24, 2.45) is 63.5 Å². The van der Waals surface area contributed by atoms with Gasteiger partial charge in [0.2, 0.25) is 0 Å². The number of non-ortho nitro benzene ring substituents is 2. The van der Waals surface area contributed by atoms with Crippen LogP contribution in [0.3, 0.4) is 0 Å². The first kappa shape index (κ1) is 93.6. The summed E-state index contributed by atoms with van der Waals surface area (Å²) in [5.41, 5.74) is 1.33. The number of nitro benzene ring substituents is 2. The van der Waals surface area contributed by atoms with Crippen LogP contribution in [0.1, 0.15) is 92.9 Å². The normalized spacial score (nSPS) is 12.3. The molecule has 0 atom stereocenters. The number of nitro groups is 2. The molecule has 0 bridgehead atoms. The number of hydrogen-bond acceptors (Lipinski definition) is 35. The molecule has 644 valence electrons. The molecule has 37 heteroatoms. The molecule has 0 spiro atoms. The number of hydrogen-bond donors (Lipinski definition) is 2. The number of Topliss-reactive ketones (excluding diaryl/α,β-unsaturated/α-hetero) is 1. The van der Waals surface area contributed by atoms with Crippen LogP contribution in [0.15, 0.2) is 235 Å². The van der Waals surface area contributed by atoms with Gasteiger partial charge < -0.3 is 57.8 Å². The first-order chi connectivity index (χ1) is 59.1.